The van der Waals surface area contributed by atoms with Crippen LogP contribution in [-0.2, 0) is 0 Å². The van der Waals surface area contributed by atoms with E-state index in [0.717, 1.165) is 44.8 Å². The molecule has 11 aromatic rings. The summed E-state index contributed by atoms with van der Waals surface area (Å²) in [6.45, 7) is 0. The van der Waals surface area contributed by atoms with Gasteiger partial charge in [0.1, 0.15) is 5.75 Å². The Morgan fingerprint density at radius 1 is 0.339 bits per heavy atom. The van der Waals surface area contributed by atoms with Crippen LogP contribution in [0.15, 0.2) is 192 Å². The Bertz CT molecular complexity index is 2960. The van der Waals surface area contributed by atoms with Gasteiger partial charge < -0.3 is 18.7 Å². The normalized spacial score (nSPS) is 11.6. The first-order chi connectivity index (χ1) is 27.7. The third-order valence-electron chi connectivity index (χ3n) is 10.8. The molecule has 6 heteroatoms. The van der Waals surface area contributed by atoms with Gasteiger partial charge >= 0.3 is 0 Å². The molecule has 0 atom stereocenters. The highest BCUT2D eigenvalue weighted by Crippen LogP contribution is 2.37. The first-order valence-electron chi connectivity index (χ1n) is 18.6. The third kappa shape index (κ3) is 5.19. The Labute approximate surface area is 321 Å². The second-order valence-corrected chi connectivity index (χ2v) is 14.1. The number of phenolic OH excluding ortho intramolecular Hbond substituents is 1. The molecule has 11 rings (SSSR count). The summed E-state index contributed by atoms with van der Waals surface area (Å²) in [6.07, 6.45) is 0. The van der Waals surface area contributed by atoms with Crippen LogP contribution in [0.25, 0.3) is 100 Å². The van der Waals surface area contributed by atoms with E-state index >= 15 is 0 Å². The third-order valence-corrected chi connectivity index (χ3v) is 10.8. The maximum atomic E-state index is 9.82. The highest BCUT2D eigenvalue weighted by Gasteiger charge is 2.17. The van der Waals surface area contributed by atoms with Gasteiger partial charge in [0.15, 0.2) is 0 Å². The van der Waals surface area contributed by atoms with Crippen LogP contribution in [-0.4, -0.2) is 24.4 Å². The fraction of sp³-hybridized carbons (Fsp3) is 0. The fourth-order valence-corrected chi connectivity index (χ4v) is 8.15. The molecular weight excluding hydrogens is 689 g/mol. The number of hydrogen-bond acceptors (Lipinski definition) is 4. The summed E-state index contributed by atoms with van der Waals surface area (Å²) in [5.41, 5.74) is 12.6. The van der Waals surface area contributed by atoms with E-state index in [1.165, 1.54) is 43.6 Å². The highest BCUT2D eigenvalue weighted by molar-refractivity contribution is 6.10. The molecular formula is C50H32N4O2. The lowest BCUT2D eigenvalue weighted by Gasteiger charge is -2.13. The van der Waals surface area contributed by atoms with Crippen molar-refractivity contribution in [3.8, 4) is 62.3 Å². The van der Waals surface area contributed by atoms with Crippen molar-refractivity contribution in [3.63, 3.8) is 0 Å². The van der Waals surface area contributed by atoms with Gasteiger partial charge in [-0.05, 0) is 113 Å². The van der Waals surface area contributed by atoms with Crippen LogP contribution in [0.1, 0.15) is 0 Å². The second-order valence-electron chi connectivity index (χ2n) is 14.1. The molecule has 56 heavy (non-hydrogen) atoms. The van der Waals surface area contributed by atoms with Gasteiger partial charge in [0.25, 0.3) is 0 Å². The van der Waals surface area contributed by atoms with Crippen LogP contribution in [0.4, 0.5) is 0 Å². The molecule has 3 heterocycles. The van der Waals surface area contributed by atoms with E-state index in [1.807, 2.05) is 0 Å². The van der Waals surface area contributed by atoms with Crippen LogP contribution >= 0.6 is 0 Å². The molecule has 1 N–H and O–H groups in total. The average Bonchev–Trinajstić information content (AvgIpc) is 3.98. The quantitative estimate of drug-likeness (QED) is 0.186. The maximum absolute atomic E-state index is 9.82. The van der Waals surface area contributed by atoms with Crippen LogP contribution in [0.3, 0.4) is 0 Å². The Kier molecular flexibility index (Phi) is 7.22. The van der Waals surface area contributed by atoms with Crippen LogP contribution < -0.4 is 0 Å². The highest BCUT2D eigenvalue weighted by atomic mass is 16.4. The van der Waals surface area contributed by atoms with Crippen molar-refractivity contribution >= 4 is 43.6 Å². The zero-order chi connectivity index (χ0) is 37.2. The summed E-state index contributed by atoms with van der Waals surface area (Å²) in [4.78, 5) is 0. The van der Waals surface area contributed by atoms with Crippen molar-refractivity contribution in [1.82, 2.24) is 19.3 Å². The number of fused-ring (bicyclic) bond motifs is 6. The predicted octanol–water partition coefficient (Wildman–Crippen LogP) is 12.6. The first kappa shape index (κ1) is 31.8. The summed E-state index contributed by atoms with van der Waals surface area (Å²) >= 11 is 0. The molecule has 0 saturated heterocycles. The lowest BCUT2D eigenvalue weighted by Crippen LogP contribution is -1.94. The molecule has 0 aliphatic carbocycles. The average molecular weight is 721 g/mol. The lowest BCUT2D eigenvalue weighted by atomic mass is 9.95. The Hall–Kier alpha value is -7.70. The molecule has 0 saturated carbocycles. The van der Waals surface area contributed by atoms with E-state index in [1.54, 1.807) is 24.3 Å². The van der Waals surface area contributed by atoms with Gasteiger partial charge in [-0.25, -0.2) is 0 Å². The van der Waals surface area contributed by atoms with E-state index in [2.05, 4.69) is 183 Å². The topological polar surface area (TPSA) is 69.0 Å². The van der Waals surface area contributed by atoms with Gasteiger partial charge in [-0.1, -0.05) is 97.1 Å². The Balaban J connectivity index is 1.02. The molecule has 0 fully saturated rings. The zero-order valence-corrected chi connectivity index (χ0v) is 30.0. The van der Waals surface area contributed by atoms with E-state index < -0.39 is 0 Å². The summed E-state index contributed by atoms with van der Waals surface area (Å²) < 4.78 is 10.9. The smallest absolute Gasteiger partial charge is 0.248 e. The summed E-state index contributed by atoms with van der Waals surface area (Å²) in [5.74, 6) is 0.983. The molecule has 0 unspecified atom stereocenters. The minimum absolute atomic E-state index is 0.180. The van der Waals surface area contributed by atoms with Crippen molar-refractivity contribution in [2.45, 2.75) is 0 Å². The van der Waals surface area contributed by atoms with Crippen LogP contribution in [0.5, 0.6) is 5.75 Å². The number of hydrogen-bond donors (Lipinski definition) is 1. The standard InChI is InChI=1S/C50H32N4O2/c55-40-27-21-34(22-28-40)49-51-52-50(56-49)37-30-35(32-17-23-38(24-18-32)53-45-13-5-1-9-41(45)42-10-2-6-14-46(42)53)29-36(31-37)33-19-25-39(26-20-33)54-47-15-7-3-11-43(47)44-12-4-8-16-48(44)54/h1-31,55H. The molecule has 6 nitrogen and oxygen atoms in total. The molecule has 0 spiro atoms. The first-order valence-corrected chi connectivity index (χ1v) is 18.6. The number of phenols is 1. The van der Waals surface area contributed by atoms with Crippen molar-refractivity contribution < 1.29 is 9.52 Å². The number of benzene rings is 8. The van der Waals surface area contributed by atoms with Gasteiger partial charge in [-0.3, -0.25) is 0 Å². The van der Waals surface area contributed by atoms with Crippen molar-refractivity contribution in [2.75, 3.05) is 0 Å². The van der Waals surface area contributed by atoms with Crippen LogP contribution in [0, 0.1) is 0 Å². The van der Waals surface area contributed by atoms with Crippen LogP contribution in [0.2, 0.25) is 0 Å². The van der Waals surface area contributed by atoms with Crippen molar-refractivity contribution in [3.05, 3.63) is 188 Å². The summed E-state index contributed by atoms with van der Waals surface area (Å²) in [6, 6.07) is 65.0. The summed E-state index contributed by atoms with van der Waals surface area (Å²) in [7, 11) is 0. The Morgan fingerprint density at radius 2 is 0.679 bits per heavy atom. The van der Waals surface area contributed by atoms with Gasteiger partial charge in [-0.2, -0.15) is 0 Å². The predicted molar refractivity (Wildman–Crippen MR) is 226 cm³/mol. The van der Waals surface area contributed by atoms with Gasteiger partial charge in [0.05, 0.1) is 22.1 Å². The largest absolute Gasteiger partial charge is 0.508 e. The van der Waals surface area contributed by atoms with Gasteiger partial charge in [-0.15, -0.1) is 10.2 Å². The minimum atomic E-state index is 0.180. The van der Waals surface area contributed by atoms with Crippen molar-refractivity contribution in [2.24, 2.45) is 0 Å². The molecule has 0 bridgehead atoms. The van der Waals surface area contributed by atoms with Crippen molar-refractivity contribution in [1.29, 1.82) is 0 Å². The van der Waals surface area contributed by atoms with E-state index in [0.29, 0.717) is 11.8 Å². The Morgan fingerprint density at radius 3 is 1.09 bits per heavy atom. The SMILES string of the molecule is Oc1ccc(-c2nnc(-c3cc(-c4ccc(-n5c6ccccc6c6ccccc65)cc4)cc(-c4ccc(-n5c6ccccc6c6ccccc65)cc4)c3)o2)cc1. The zero-order valence-electron chi connectivity index (χ0n) is 30.0. The second kappa shape index (κ2) is 12.7. The number of aromatic hydroxyl groups is 1. The fourth-order valence-electron chi connectivity index (χ4n) is 8.15. The number of aromatic nitrogens is 4. The molecule has 3 aromatic heterocycles. The number of para-hydroxylation sites is 4. The molecule has 0 radical (unpaired) electrons. The minimum Gasteiger partial charge on any atom is -0.508 e. The van der Waals surface area contributed by atoms with E-state index in [4.69, 9.17) is 4.42 Å². The van der Waals surface area contributed by atoms with Gasteiger partial charge in [0, 0.05) is 44.0 Å². The number of rotatable bonds is 6. The summed E-state index contributed by atoms with van der Waals surface area (Å²) in [5, 5.41) is 23.6. The molecule has 8 aromatic carbocycles. The molecule has 0 amide bonds. The van der Waals surface area contributed by atoms with Gasteiger partial charge in [0.2, 0.25) is 11.8 Å². The molecule has 0 aliphatic rings. The monoisotopic (exact) mass is 720 g/mol. The molecule has 0 aliphatic heterocycles. The maximum Gasteiger partial charge on any atom is 0.248 e. The lowest BCUT2D eigenvalue weighted by molar-refractivity contribution is 0.475. The molecule has 264 valence electrons. The van der Waals surface area contributed by atoms with E-state index in [-0.39, 0.29) is 5.75 Å². The number of nitrogens with zero attached hydrogens (tertiary/aromatic N) is 4. The van der Waals surface area contributed by atoms with E-state index in [9.17, 15) is 5.11 Å².